The molecule has 21 heavy (non-hydrogen) atoms. The maximum Gasteiger partial charge on any atom is 0.231 e. The molecule has 2 aromatic rings. The Balaban J connectivity index is 1.47. The van der Waals surface area contributed by atoms with Gasteiger partial charge in [-0.1, -0.05) is 6.07 Å². The Morgan fingerprint density at radius 2 is 2.14 bits per heavy atom. The van der Waals surface area contributed by atoms with E-state index in [0.717, 1.165) is 30.9 Å². The van der Waals surface area contributed by atoms with Crippen LogP contribution in [-0.4, -0.2) is 12.8 Å². The Kier molecular flexibility index (Phi) is 4.83. The predicted molar refractivity (Wildman–Crippen MR) is 89.2 cm³/mol. The third kappa shape index (κ3) is 3.78. The van der Waals surface area contributed by atoms with Crippen molar-refractivity contribution in [3.63, 3.8) is 0 Å². The lowest BCUT2D eigenvalue weighted by molar-refractivity contribution is 0.174. The highest BCUT2D eigenvalue weighted by molar-refractivity contribution is 9.10. The minimum absolute atomic E-state index is 0.340. The van der Waals surface area contributed by atoms with Gasteiger partial charge in [-0.3, -0.25) is 0 Å². The maximum absolute atomic E-state index is 5.41. The van der Waals surface area contributed by atoms with E-state index in [1.54, 1.807) is 11.3 Å². The van der Waals surface area contributed by atoms with Gasteiger partial charge in [0, 0.05) is 21.9 Å². The van der Waals surface area contributed by atoms with Gasteiger partial charge >= 0.3 is 0 Å². The predicted octanol–water partition coefficient (Wildman–Crippen LogP) is 4.35. The summed E-state index contributed by atoms with van der Waals surface area (Å²) in [5.41, 5.74) is 1.30. The van der Waals surface area contributed by atoms with E-state index in [1.165, 1.54) is 14.9 Å². The number of hydrogen-bond acceptors (Lipinski definition) is 4. The van der Waals surface area contributed by atoms with Crippen molar-refractivity contribution in [3.8, 4) is 11.5 Å². The highest BCUT2D eigenvalue weighted by Gasteiger charge is 2.13. The molecule has 5 heteroatoms. The maximum atomic E-state index is 5.41. The van der Waals surface area contributed by atoms with E-state index in [-0.39, 0.29) is 0 Å². The molecule has 0 amide bonds. The highest BCUT2D eigenvalue weighted by atomic mass is 79.9. The third-order valence-electron chi connectivity index (χ3n) is 3.61. The summed E-state index contributed by atoms with van der Waals surface area (Å²) in [6.45, 7) is 3.49. The number of hydrogen-bond donors (Lipinski definition) is 1. The summed E-state index contributed by atoms with van der Waals surface area (Å²) in [5, 5.41) is 5.68. The minimum Gasteiger partial charge on any atom is -0.454 e. The lowest BCUT2D eigenvalue weighted by Gasteiger charge is -2.13. The molecule has 1 aliphatic heterocycles. The molecule has 1 N–H and O–H groups in total. The van der Waals surface area contributed by atoms with E-state index < -0.39 is 0 Å². The summed E-state index contributed by atoms with van der Waals surface area (Å²) < 4.78 is 11.9. The topological polar surface area (TPSA) is 30.5 Å². The standard InChI is InChI=1S/C16H18BrNO2S/c1-11(18-9-16-13(17)6-7-21-16)2-3-12-4-5-14-15(8-12)20-10-19-14/h4-8,11,18H,2-3,9-10H2,1H3. The van der Waals surface area contributed by atoms with Gasteiger partial charge in [0.25, 0.3) is 0 Å². The third-order valence-corrected chi connectivity index (χ3v) is 5.53. The summed E-state index contributed by atoms with van der Waals surface area (Å²) in [6, 6.07) is 8.78. The number of thiophene rings is 1. The molecular weight excluding hydrogens is 350 g/mol. The Labute approximate surface area is 137 Å². The van der Waals surface area contributed by atoms with Gasteiger partial charge in [0.15, 0.2) is 11.5 Å². The van der Waals surface area contributed by atoms with Crippen LogP contribution >= 0.6 is 27.3 Å². The average Bonchev–Trinajstić information content (AvgIpc) is 3.11. The fourth-order valence-corrected chi connectivity index (χ4v) is 3.74. The first-order valence-corrected chi connectivity index (χ1v) is 8.73. The molecule has 0 saturated carbocycles. The molecule has 1 aromatic carbocycles. The SMILES string of the molecule is CC(CCc1ccc2c(c1)OCO2)NCc1sccc1Br. The molecule has 0 fully saturated rings. The summed E-state index contributed by atoms with van der Waals surface area (Å²) in [7, 11) is 0. The first-order chi connectivity index (χ1) is 10.2. The molecule has 0 radical (unpaired) electrons. The van der Waals surface area contributed by atoms with Crippen LogP contribution < -0.4 is 14.8 Å². The lowest BCUT2D eigenvalue weighted by Crippen LogP contribution is -2.25. The zero-order valence-electron chi connectivity index (χ0n) is 11.9. The Bertz CT molecular complexity index is 614. The van der Waals surface area contributed by atoms with E-state index in [0.29, 0.717) is 12.8 Å². The quantitative estimate of drug-likeness (QED) is 0.822. The van der Waals surface area contributed by atoms with Gasteiger partial charge in [-0.15, -0.1) is 11.3 Å². The molecule has 1 aromatic heterocycles. The number of benzene rings is 1. The first kappa shape index (κ1) is 14.9. The van der Waals surface area contributed by atoms with Gasteiger partial charge in [-0.2, -0.15) is 0 Å². The van der Waals surface area contributed by atoms with Crippen molar-refractivity contribution >= 4 is 27.3 Å². The summed E-state index contributed by atoms with van der Waals surface area (Å²) in [5.74, 6) is 1.73. The monoisotopic (exact) mass is 367 g/mol. The van der Waals surface area contributed by atoms with Crippen LogP contribution in [0.4, 0.5) is 0 Å². The van der Waals surface area contributed by atoms with Crippen LogP contribution in [0.15, 0.2) is 34.1 Å². The second-order valence-electron chi connectivity index (χ2n) is 5.20. The Hall–Kier alpha value is -1.04. The van der Waals surface area contributed by atoms with Gasteiger partial charge in [0.1, 0.15) is 0 Å². The lowest BCUT2D eigenvalue weighted by atomic mass is 10.1. The van der Waals surface area contributed by atoms with Crippen molar-refractivity contribution < 1.29 is 9.47 Å². The number of fused-ring (bicyclic) bond motifs is 1. The molecule has 0 bridgehead atoms. The minimum atomic E-state index is 0.340. The summed E-state index contributed by atoms with van der Waals surface area (Å²) in [4.78, 5) is 1.35. The molecule has 1 unspecified atom stereocenters. The average molecular weight is 368 g/mol. The molecule has 0 aliphatic carbocycles. The Morgan fingerprint density at radius 1 is 1.29 bits per heavy atom. The van der Waals surface area contributed by atoms with Crippen LogP contribution in [0.2, 0.25) is 0 Å². The number of nitrogens with one attached hydrogen (secondary N) is 1. The van der Waals surface area contributed by atoms with E-state index in [2.05, 4.69) is 51.7 Å². The summed E-state index contributed by atoms with van der Waals surface area (Å²) >= 11 is 5.35. The largest absolute Gasteiger partial charge is 0.454 e. The number of ether oxygens (including phenoxy) is 2. The van der Waals surface area contributed by atoms with Crippen LogP contribution in [0.25, 0.3) is 0 Å². The van der Waals surface area contributed by atoms with Gasteiger partial charge in [0.2, 0.25) is 6.79 Å². The van der Waals surface area contributed by atoms with Crippen LogP contribution in [0.1, 0.15) is 23.8 Å². The summed E-state index contributed by atoms with van der Waals surface area (Å²) in [6.07, 6.45) is 2.14. The van der Waals surface area contributed by atoms with Crippen LogP contribution in [-0.2, 0) is 13.0 Å². The molecule has 1 aliphatic rings. The number of halogens is 1. The van der Waals surface area contributed by atoms with E-state index >= 15 is 0 Å². The molecule has 0 saturated heterocycles. The molecule has 2 heterocycles. The number of aryl methyl sites for hydroxylation is 1. The molecule has 112 valence electrons. The van der Waals surface area contributed by atoms with Crippen molar-refractivity contribution in [1.29, 1.82) is 0 Å². The normalized spacial score (nSPS) is 14.4. The smallest absolute Gasteiger partial charge is 0.231 e. The fourth-order valence-electron chi connectivity index (χ4n) is 2.30. The first-order valence-electron chi connectivity index (χ1n) is 7.06. The van der Waals surface area contributed by atoms with Crippen LogP contribution in [0.5, 0.6) is 11.5 Å². The van der Waals surface area contributed by atoms with Crippen molar-refractivity contribution in [2.45, 2.75) is 32.4 Å². The molecular formula is C16H18BrNO2S. The van der Waals surface area contributed by atoms with Gasteiger partial charge in [0.05, 0.1) is 0 Å². The van der Waals surface area contributed by atoms with E-state index in [1.807, 2.05) is 6.07 Å². The van der Waals surface area contributed by atoms with E-state index in [4.69, 9.17) is 9.47 Å². The number of rotatable bonds is 6. The second kappa shape index (κ2) is 6.81. The zero-order valence-corrected chi connectivity index (χ0v) is 14.3. The van der Waals surface area contributed by atoms with Crippen molar-refractivity contribution in [2.24, 2.45) is 0 Å². The van der Waals surface area contributed by atoms with Gasteiger partial charge < -0.3 is 14.8 Å². The highest BCUT2D eigenvalue weighted by Crippen LogP contribution is 2.32. The Morgan fingerprint density at radius 3 is 2.95 bits per heavy atom. The van der Waals surface area contributed by atoms with E-state index in [9.17, 15) is 0 Å². The molecule has 0 spiro atoms. The van der Waals surface area contributed by atoms with Gasteiger partial charge in [-0.25, -0.2) is 0 Å². The van der Waals surface area contributed by atoms with Crippen molar-refractivity contribution in [3.05, 3.63) is 44.6 Å². The van der Waals surface area contributed by atoms with Crippen LogP contribution in [0, 0.1) is 0 Å². The molecule has 3 rings (SSSR count). The molecule has 3 nitrogen and oxygen atoms in total. The molecule has 1 atom stereocenters. The van der Waals surface area contributed by atoms with Crippen LogP contribution in [0.3, 0.4) is 0 Å². The second-order valence-corrected chi connectivity index (χ2v) is 7.05. The zero-order chi connectivity index (χ0) is 14.7. The van der Waals surface area contributed by atoms with Crippen molar-refractivity contribution in [2.75, 3.05) is 6.79 Å². The van der Waals surface area contributed by atoms with Gasteiger partial charge in [-0.05, 0) is 64.8 Å². The van der Waals surface area contributed by atoms with Crippen molar-refractivity contribution in [1.82, 2.24) is 5.32 Å². The fraction of sp³-hybridized carbons (Fsp3) is 0.375.